The van der Waals surface area contributed by atoms with Crippen molar-refractivity contribution in [2.24, 2.45) is 5.73 Å². The van der Waals surface area contributed by atoms with Crippen LogP contribution in [0.5, 0.6) is 0 Å². The Morgan fingerprint density at radius 1 is 0.792 bits per heavy atom. The number of nitrogens with two attached hydrogens (primary N) is 1. The number of hydrogen-bond acceptors (Lipinski definition) is 4. The first-order chi connectivity index (χ1) is 11.8. The van der Waals surface area contributed by atoms with Gasteiger partial charge >= 0.3 is 0 Å². The first-order valence-electron chi connectivity index (χ1n) is 7.60. The maximum atomic E-state index is 8.72. The molecule has 4 nitrogen and oxygen atoms in total. The predicted octanol–water partition coefficient (Wildman–Crippen LogP) is 3.80. The Labute approximate surface area is 140 Å². The summed E-state index contributed by atoms with van der Waals surface area (Å²) in [5.41, 5.74) is 7.01. The normalized spacial score (nSPS) is 10.0. The summed E-state index contributed by atoms with van der Waals surface area (Å²) in [7, 11) is 0. The highest BCUT2D eigenvalue weighted by Crippen LogP contribution is 2.15. The van der Waals surface area contributed by atoms with E-state index < -0.39 is 0 Å². The van der Waals surface area contributed by atoms with Crippen molar-refractivity contribution in [3.8, 4) is 6.07 Å². The van der Waals surface area contributed by atoms with Gasteiger partial charge in [0.1, 0.15) is 11.8 Å². The largest absolute Gasteiger partial charge is 0.325 e. The third-order valence-electron chi connectivity index (χ3n) is 3.73. The molecular formula is C20H16N4. The molecule has 24 heavy (non-hydrogen) atoms. The van der Waals surface area contributed by atoms with E-state index in [1.807, 2.05) is 54.6 Å². The van der Waals surface area contributed by atoms with Crippen LogP contribution >= 0.6 is 0 Å². The molecule has 4 aromatic rings. The summed E-state index contributed by atoms with van der Waals surface area (Å²) < 4.78 is 0. The van der Waals surface area contributed by atoms with Gasteiger partial charge in [0.05, 0.1) is 5.69 Å². The summed E-state index contributed by atoms with van der Waals surface area (Å²) in [6.45, 7) is 0.501. The monoisotopic (exact) mass is 312 g/mol. The molecule has 4 rings (SSSR count). The predicted molar refractivity (Wildman–Crippen MR) is 96.1 cm³/mol. The van der Waals surface area contributed by atoms with Crippen molar-refractivity contribution in [1.82, 2.24) is 9.97 Å². The first-order valence-corrected chi connectivity index (χ1v) is 7.60. The van der Waals surface area contributed by atoms with Gasteiger partial charge in [0, 0.05) is 29.7 Å². The molecular weight excluding hydrogens is 296 g/mol. The molecule has 0 radical (unpaired) electrons. The molecule has 0 aliphatic heterocycles. The average molecular weight is 312 g/mol. The maximum Gasteiger partial charge on any atom is 0.148 e. The number of benzene rings is 2. The second-order valence-electron chi connectivity index (χ2n) is 5.18. The van der Waals surface area contributed by atoms with Crippen molar-refractivity contribution < 1.29 is 0 Å². The molecule has 2 aromatic heterocycles. The van der Waals surface area contributed by atoms with Crippen molar-refractivity contribution in [3.63, 3.8) is 0 Å². The second-order valence-corrected chi connectivity index (χ2v) is 5.18. The van der Waals surface area contributed by atoms with Crippen LogP contribution in [0.3, 0.4) is 0 Å². The van der Waals surface area contributed by atoms with Crippen molar-refractivity contribution >= 4 is 21.5 Å². The zero-order chi connectivity index (χ0) is 16.8. The summed E-state index contributed by atoms with van der Waals surface area (Å²) in [5, 5.41) is 13.1. The Bertz CT molecular complexity index is 1010. The number of pyridine rings is 2. The number of nitrogens with zero attached hydrogens (tertiary/aromatic N) is 3. The Kier molecular flexibility index (Phi) is 4.76. The molecule has 0 unspecified atom stereocenters. The molecule has 0 aliphatic rings. The highest BCUT2D eigenvalue weighted by Gasteiger charge is 1.98. The lowest BCUT2D eigenvalue weighted by Crippen LogP contribution is -1.99. The second kappa shape index (κ2) is 7.32. The molecule has 0 spiro atoms. The smallest absolute Gasteiger partial charge is 0.148 e. The van der Waals surface area contributed by atoms with E-state index in [0.29, 0.717) is 12.2 Å². The molecule has 2 aromatic carbocycles. The van der Waals surface area contributed by atoms with Gasteiger partial charge in [0.15, 0.2) is 0 Å². The van der Waals surface area contributed by atoms with Crippen molar-refractivity contribution in [1.29, 1.82) is 5.26 Å². The van der Waals surface area contributed by atoms with E-state index in [9.17, 15) is 0 Å². The van der Waals surface area contributed by atoms with Crippen LogP contribution in [0.15, 0.2) is 73.1 Å². The van der Waals surface area contributed by atoms with Gasteiger partial charge < -0.3 is 5.73 Å². The minimum Gasteiger partial charge on any atom is -0.325 e. The van der Waals surface area contributed by atoms with Gasteiger partial charge in [-0.25, -0.2) is 4.98 Å². The molecule has 0 aliphatic carbocycles. The summed E-state index contributed by atoms with van der Waals surface area (Å²) in [5.74, 6) is 0. The average Bonchev–Trinajstić information content (AvgIpc) is 2.67. The molecule has 4 heteroatoms. The van der Waals surface area contributed by atoms with Crippen molar-refractivity contribution in [2.45, 2.75) is 6.54 Å². The van der Waals surface area contributed by atoms with E-state index in [1.54, 1.807) is 12.4 Å². The van der Waals surface area contributed by atoms with E-state index in [4.69, 9.17) is 11.0 Å². The van der Waals surface area contributed by atoms with E-state index in [-0.39, 0.29) is 0 Å². The molecule has 0 atom stereocenters. The highest BCUT2D eigenvalue weighted by molar-refractivity contribution is 5.86. The van der Waals surface area contributed by atoms with Gasteiger partial charge in [0.25, 0.3) is 0 Å². The van der Waals surface area contributed by atoms with E-state index in [1.165, 1.54) is 5.39 Å². The fourth-order valence-corrected chi connectivity index (χ4v) is 2.55. The fourth-order valence-electron chi connectivity index (χ4n) is 2.55. The number of fused-ring (bicyclic) bond motifs is 2. The minimum absolute atomic E-state index is 0.494. The number of nitriles is 1. The standard InChI is InChI=1S/C10H10N2.C10H6N2/c2*11-7-10-9-4-2-1-3-8(9)5-6-12-10/h1-6H,7,11H2;1-6H. The zero-order valence-corrected chi connectivity index (χ0v) is 13.1. The molecule has 0 fully saturated rings. The quantitative estimate of drug-likeness (QED) is 0.580. The molecule has 0 amide bonds. The number of aromatic nitrogens is 2. The van der Waals surface area contributed by atoms with Gasteiger partial charge in [-0.2, -0.15) is 5.26 Å². The van der Waals surface area contributed by atoms with Crippen LogP contribution in [0.2, 0.25) is 0 Å². The van der Waals surface area contributed by atoms with Crippen LogP contribution in [0.25, 0.3) is 21.5 Å². The van der Waals surface area contributed by atoms with Gasteiger partial charge in [0.2, 0.25) is 0 Å². The van der Waals surface area contributed by atoms with E-state index in [2.05, 4.69) is 22.1 Å². The van der Waals surface area contributed by atoms with Crippen LogP contribution in [-0.4, -0.2) is 9.97 Å². The van der Waals surface area contributed by atoms with Crippen molar-refractivity contribution in [2.75, 3.05) is 0 Å². The van der Waals surface area contributed by atoms with Crippen LogP contribution in [0.1, 0.15) is 11.4 Å². The van der Waals surface area contributed by atoms with Gasteiger partial charge in [-0.3, -0.25) is 4.98 Å². The van der Waals surface area contributed by atoms with Gasteiger partial charge in [-0.05, 0) is 22.9 Å². The third-order valence-corrected chi connectivity index (χ3v) is 3.73. The molecule has 2 N–H and O–H groups in total. The summed E-state index contributed by atoms with van der Waals surface area (Å²) >= 11 is 0. The zero-order valence-electron chi connectivity index (χ0n) is 13.1. The SMILES string of the molecule is N#Cc1nccc2ccccc12.NCc1nccc2ccccc12. The first kappa shape index (κ1) is 15.6. The van der Waals surface area contributed by atoms with Gasteiger partial charge in [-0.15, -0.1) is 0 Å². The molecule has 2 heterocycles. The van der Waals surface area contributed by atoms with Crippen LogP contribution < -0.4 is 5.73 Å². The number of hydrogen-bond donors (Lipinski definition) is 1. The topological polar surface area (TPSA) is 75.6 Å². The highest BCUT2D eigenvalue weighted by atomic mass is 14.7. The van der Waals surface area contributed by atoms with Crippen molar-refractivity contribution in [3.05, 3.63) is 84.4 Å². The summed E-state index contributed by atoms with van der Waals surface area (Å²) in [4.78, 5) is 8.16. The molecule has 0 saturated carbocycles. The Morgan fingerprint density at radius 2 is 1.38 bits per heavy atom. The lowest BCUT2D eigenvalue weighted by atomic mass is 10.1. The molecule has 0 bridgehead atoms. The summed E-state index contributed by atoms with van der Waals surface area (Å²) in [6, 6.07) is 21.8. The van der Waals surface area contributed by atoms with Crippen LogP contribution in [0.4, 0.5) is 0 Å². The molecule has 0 saturated heterocycles. The Balaban J connectivity index is 0.000000141. The fraction of sp³-hybridized carbons (Fsp3) is 0.0500. The van der Waals surface area contributed by atoms with Crippen LogP contribution in [-0.2, 0) is 6.54 Å². The lowest BCUT2D eigenvalue weighted by Gasteiger charge is -2.01. The van der Waals surface area contributed by atoms with E-state index >= 15 is 0 Å². The number of rotatable bonds is 1. The lowest BCUT2D eigenvalue weighted by molar-refractivity contribution is 1.01. The summed E-state index contributed by atoms with van der Waals surface area (Å²) in [6.07, 6.45) is 3.45. The Morgan fingerprint density at radius 3 is 2.04 bits per heavy atom. The Hall–Kier alpha value is -3.29. The third kappa shape index (κ3) is 3.22. The molecule has 116 valence electrons. The van der Waals surface area contributed by atoms with Gasteiger partial charge in [-0.1, -0.05) is 48.5 Å². The van der Waals surface area contributed by atoms with E-state index in [0.717, 1.165) is 21.9 Å². The maximum absolute atomic E-state index is 8.72. The van der Waals surface area contributed by atoms with Crippen LogP contribution in [0, 0.1) is 11.3 Å². The minimum atomic E-state index is 0.494.